The number of nitrogens with one attached hydrogen (secondary N) is 1. The van der Waals surface area contributed by atoms with Crippen molar-refractivity contribution in [3.63, 3.8) is 0 Å². The topological polar surface area (TPSA) is 88.6 Å². The Hall–Kier alpha value is -2.44. The van der Waals surface area contributed by atoms with Gasteiger partial charge in [-0.05, 0) is 25.8 Å². The lowest BCUT2D eigenvalue weighted by Gasteiger charge is -2.19. The molecule has 0 aromatic carbocycles. The first-order chi connectivity index (χ1) is 12.1. The van der Waals surface area contributed by atoms with E-state index in [-0.39, 0.29) is 42.6 Å². The second kappa shape index (κ2) is 7.63. The maximum absolute atomic E-state index is 12.4. The van der Waals surface area contributed by atoms with E-state index in [1.807, 2.05) is 13.0 Å². The number of pyridine rings is 1. The Bertz CT molecular complexity index is 652. The molecule has 1 N–H and O–H groups in total. The standard InChI is InChI=1S/C18H23N3O4/c1-2-25-16-12(6-5-9-19-16)10-20-15(22)11-21-17(23)13-7-3-4-8-14(13)18(21)24/h5-6,9,13-14H,2-4,7-8,10-11H2,1H3,(H,20,22). The van der Waals surface area contributed by atoms with Gasteiger partial charge in [0.15, 0.2) is 0 Å². The van der Waals surface area contributed by atoms with E-state index in [9.17, 15) is 14.4 Å². The van der Waals surface area contributed by atoms with Crippen LogP contribution < -0.4 is 10.1 Å². The smallest absolute Gasteiger partial charge is 0.240 e. The van der Waals surface area contributed by atoms with Gasteiger partial charge in [-0.25, -0.2) is 4.98 Å². The molecule has 3 amide bonds. The van der Waals surface area contributed by atoms with Gasteiger partial charge in [0.2, 0.25) is 23.6 Å². The van der Waals surface area contributed by atoms with Gasteiger partial charge in [-0.3, -0.25) is 19.3 Å². The first-order valence-electron chi connectivity index (χ1n) is 8.80. The minimum Gasteiger partial charge on any atom is -0.478 e. The summed E-state index contributed by atoms with van der Waals surface area (Å²) >= 11 is 0. The molecule has 2 atom stereocenters. The third-order valence-electron chi connectivity index (χ3n) is 4.84. The highest BCUT2D eigenvalue weighted by Gasteiger charge is 2.48. The SMILES string of the molecule is CCOc1ncccc1CNC(=O)CN1C(=O)C2CCCCC2C1=O. The van der Waals surface area contributed by atoms with Gasteiger partial charge in [-0.15, -0.1) is 0 Å². The van der Waals surface area contributed by atoms with Gasteiger partial charge >= 0.3 is 0 Å². The highest BCUT2D eigenvalue weighted by Crippen LogP contribution is 2.37. The van der Waals surface area contributed by atoms with Crippen molar-refractivity contribution in [3.05, 3.63) is 23.9 Å². The molecule has 1 saturated heterocycles. The van der Waals surface area contributed by atoms with E-state index in [2.05, 4.69) is 10.3 Å². The summed E-state index contributed by atoms with van der Waals surface area (Å²) in [6.07, 6.45) is 5.07. The van der Waals surface area contributed by atoms with E-state index in [4.69, 9.17) is 4.74 Å². The van der Waals surface area contributed by atoms with Crippen molar-refractivity contribution >= 4 is 17.7 Å². The second-order valence-corrected chi connectivity index (χ2v) is 6.44. The molecule has 1 aromatic heterocycles. The Kier molecular flexibility index (Phi) is 5.31. The van der Waals surface area contributed by atoms with E-state index in [1.54, 1.807) is 12.3 Å². The summed E-state index contributed by atoms with van der Waals surface area (Å²) in [7, 11) is 0. The maximum Gasteiger partial charge on any atom is 0.240 e. The van der Waals surface area contributed by atoms with Crippen LogP contribution in [0.1, 0.15) is 38.2 Å². The number of carbonyl (C=O) groups excluding carboxylic acids is 3. The van der Waals surface area contributed by atoms with Crippen LogP contribution in [0.2, 0.25) is 0 Å². The highest BCUT2D eigenvalue weighted by atomic mass is 16.5. The quantitative estimate of drug-likeness (QED) is 0.785. The summed E-state index contributed by atoms with van der Waals surface area (Å²) in [6, 6.07) is 3.58. The van der Waals surface area contributed by atoms with Crippen LogP contribution in [0.5, 0.6) is 5.88 Å². The molecule has 2 unspecified atom stereocenters. The maximum atomic E-state index is 12.4. The Labute approximate surface area is 146 Å². The molecule has 1 aliphatic carbocycles. The normalized spacial score (nSPS) is 22.7. The van der Waals surface area contributed by atoms with Crippen LogP contribution in [0.4, 0.5) is 0 Å². The molecule has 7 nitrogen and oxygen atoms in total. The minimum absolute atomic E-state index is 0.193. The van der Waals surface area contributed by atoms with Gasteiger partial charge in [-0.1, -0.05) is 18.9 Å². The van der Waals surface area contributed by atoms with Crippen LogP contribution in [-0.2, 0) is 20.9 Å². The van der Waals surface area contributed by atoms with Gasteiger partial charge in [0, 0.05) is 18.3 Å². The number of likely N-dealkylation sites (tertiary alicyclic amines) is 1. The second-order valence-electron chi connectivity index (χ2n) is 6.44. The lowest BCUT2D eigenvalue weighted by molar-refractivity contribution is -0.143. The lowest BCUT2D eigenvalue weighted by atomic mass is 9.81. The van der Waals surface area contributed by atoms with Crippen molar-refractivity contribution in [2.45, 2.75) is 39.2 Å². The molecule has 7 heteroatoms. The highest BCUT2D eigenvalue weighted by molar-refractivity contribution is 6.07. The number of hydrogen-bond acceptors (Lipinski definition) is 5. The van der Waals surface area contributed by atoms with Gasteiger partial charge in [-0.2, -0.15) is 0 Å². The van der Waals surface area contributed by atoms with Crippen molar-refractivity contribution in [3.8, 4) is 5.88 Å². The van der Waals surface area contributed by atoms with Crippen LogP contribution in [0.15, 0.2) is 18.3 Å². The molecule has 3 rings (SSSR count). The summed E-state index contributed by atoms with van der Waals surface area (Å²) in [6.45, 7) is 2.37. The summed E-state index contributed by atoms with van der Waals surface area (Å²) < 4.78 is 5.42. The van der Waals surface area contributed by atoms with Gasteiger partial charge in [0.25, 0.3) is 0 Å². The molecule has 0 bridgehead atoms. The molecule has 25 heavy (non-hydrogen) atoms. The van der Waals surface area contributed by atoms with E-state index in [1.165, 1.54) is 0 Å². The number of rotatable bonds is 6. The summed E-state index contributed by atoms with van der Waals surface area (Å²) in [5.41, 5.74) is 0.755. The van der Waals surface area contributed by atoms with Gasteiger partial charge in [0.05, 0.1) is 18.4 Å². The number of carbonyl (C=O) groups is 3. The molecule has 0 radical (unpaired) electrons. The van der Waals surface area contributed by atoms with Crippen LogP contribution >= 0.6 is 0 Å². The minimum atomic E-state index is -0.355. The average Bonchev–Trinajstić information content (AvgIpc) is 2.87. The molecular weight excluding hydrogens is 322 g/mol. The Morgan fingerprint density at radius 1 is 1.28 bits per heavy atom. The number of imide groups is 1. The predicted octanol–water partition coefficient (Wildman–Crippen LogP) is 1.27. The summed E-state index contributed by atoms with van der Waals surface area (Å²) in [4.78, 5) is 42.3. The number of ether oxygens (including phenoxy) is 1. The van der Waals surface area contributed by atoms with Gasteiger partial charge < -0.3 is 10.1 Å². The number of nitrogens with zero attached hydrogens (tertiary/aromatic N) is 2. The molecule has 2 aliphatic rings. The largest absolute Gasteiger partial charge is 0.478 e. The van der Waals surface area contributed by atoms with Crippen LogP contribution in [0, 0.1) is 11.8 Å². The third kappa shape index (κ3) is 3.65. The van der Waals surface area contributed by atoms with Crippen LogP contribution in [0.25, 0.3) is 0 Å². The lowest BCUT2D eigenvalue weighted by Crippen LogP contribution is -2.40. The molecule has 0 spiro atoms. The molecule has 1 saturated carbocycles. The number of hydrogen-bond donors (Lipinski definition) is 1. The fourth-order valence-corrected chi connectivity index (χ4v) is 3.61. The fraction of sp³-hybridized carbons (Fsp3) is 0.556. The summed E-state index contributed by atoms with van der Waals surface area (Å²) in [5.74, 6) is -0.715. The van der Waals surface area contributed by atoms with Crippen molar-refractivity contribution in [1.82, 2.24) is 15.2 Å². The zero-order chi connectivity index (χ0) is 17.8. The van der Waals surface area contributed by atoms with Gasteiger partial charge in [0.1, 0.15) is 6.54 Å². The van der Waals surface area contributed by atoms with E-state index < -0.39 is 0 Å². The van der Waals surface area contributed by atoms with Crippen LogP contribution in [0.3, 0.4) is 0 Å². The monoisotopic (exact) mass is 345 g/mol. The zero-order valence-corrected chi connectivity index (χ0v) is 14.4. The summed E-state index contributed by atoms with van der Waals surface area (Å²) in [5, 5.41) is 2.74. The van der Waals surface area contributed by atoms with Crippen molar-refractivity contribution < 1.29 is 19.1 Å². The number of amides is 3. The Morgan fingerprint density at radius 2 is 1.96 bits per heavy atom. The molecule has 2 fully saturated rings. The first-order valence-corrected chi connectivity index (χ1v) is 8.80. The molecule has 1 aliphatic heterocycles. The van der Waals surface area contributed by atoms with Crippen LogP contribution in [-0.4, -0.2) is 40.8 Å². The van der Waals surface area contributed by atoms with E-state index in [0.29, 0.717) is 12.5 Å². The van der Waals surface area contributed by atoms with E-state index in [0.717, 1.165) is 36.1 Å². The van der Waals surface area contributed by atoms with Crippen molar-refractivity contribution in [1.29, 1.82) is 0 Å². The third-order valence-corrected chi connectivity index (χ3v) is 4.84. The van der Waals surface area contributed by atoms with Crippen molar-refractivity contribution in [2.24, 2.45) is 11.8 Å². The molecule has 2 heterocycles. The zero-order valence-electron chi connectivity index (χ0n) is 14.4. The van der Waals surface area contributed by atoms with Crippen molar-refractivity contribution in [2.75, 3.05) is 13.2 Å². The average molecular weight is 345 g/mol. The van der Waals surface area contributed by atoms with E-state index >= 15 is 0 Å². The Balaban J connectivity index is 1.58. The molecular formula is C18H23N3O4. The first kappa shape index (κ1) is 17.4. The number of aromatic nitrogens is 1. The number of fused-ring (bicyclic) bond motifs is 1. The Morgan fingerprint density at radius 3 is 2.60 bits per heavy atom. The predicted molar refractivity (Wildman–Crippen MR) is 89.4 cm³/mol. The molecule has 134 valence electrons. The molecule has 1 aromatic rings. The fourth-order valence-electron chi connectivity index (χ4n) is 3.61.